The molecule has 0 aliphatic heterocycles. The lowest BCUT2D eigenvalue weighted by Gasteiger charge is -2.29. The van der Waals surface area contributed by atoms with Gasteiger partial charge in [-0.05, 0) is 33.9 Å². The molecule has 8 heteroatoms. The number of nitrogens with one attached hydrogen (secondary N) is 3. The SMILES string of the molecule is Cc1nc(C(C)N(C)C(C)CNC(=O)c2cc(C(C)(C)C)[nH]n2)n[nH]1. The average Bonchev–Trinajstić information content (AvgIpc) is 3.19. The van der Waals surface area contributed by atoms with E-state index in [1.165, 1.54) is 0 Å². The van der Waals surface area contributed by atoms with Gasteiger partial charge in [0.1, 0.15) is 11.5 Å². The summed E-state index contributed by atoms with van der Waals surface area (Å²) in [6, 6.07) is 1.98. The van der Waals surface area contributed by atoms with Gasteiger partial charge < -0.3 is 5.32 Å². The van der Waals surface area contributed by atoms with Crippen LogP contribution in [0, 0.1) is 6.92 Å². The number of hydrogen-bond acceptors (Lipinski definition) is 5. The van der Waals surface area contributed by atoms with Crippen LogP contribution < -0.4 is 5.32 Å². The van der Waals surface area contributed by atoms with Crippen LogP contribution in [-0.4, -0.2) is 55.8 Å². The second-order valence-corrected chi connectivity index (χ2v) is 7.60. The predicted molar refractivity (Wildman–Crippen MR) is 96.4 cm³/mol. The highest BCUT2D eigenvalue weighted by molar-refractivity contribution is 5.92. The first-order valence-electron chi connectivity index (χ1n) is 8.54. The van der Waals surface area contributed by atoms with Gasteiger partial charge in [0.2, 0.25) is 0 Å². The summed E-state index contributed by atoms with van der Waals surface area (Å²) in [5.41, 5.74) is 1.29. The third-order valence-corrected chi connectivity index (χ3v) is 4.47. The lowest BCUT2D eigenvalue weighted by atomic mass is 9.92. The number of nitrogens with zero attached hydrogens (tertiary/aromatic N) is 4. The number of aryl methyl sites for hydroxylation is 1. The summed E-state index contributed by atoms with van der Waals surface area (Å²) >= 11 is 0. The van der Waals surface area contributed by atoms with Crippen molar-refractivity contribution in [2.24, 2.45) is 0 Å². The predicted octanol–water partition coefficient (Wildman–Crippen LogP) is 1.95. The molecule has 0 aliphatic carbocycles. The van der Waals surface area contributed by atoms with Crippen molar-refractivity contribution >= 4 is 5.91 Å². The molecule has 0 radical (unpaired) electrons. The summed E-state index contributed by atoms with van der Waals surface area (Å²) < 4.78 is 0. The van der Waals surface area contributed by atoms with Gasteiger partial charge in [-0.1, -0.05) is 20.8 Å². The zero-order valence-corrected chi connectivity index (χ0v) is 16.1. The number of carbonyl (C=O) groups excluding carboxylic acids is 1. The van der Waals surface area contributed by atoms with E-state index in [0.717, 1.165) is 17.3 Å². The first kappa shape index (κ1) is 19.1. The van der Waals surface area contributed by atoms with Crippen LogP contribution in [0.5, 0.6) is 0 Å². The number of rotatable bonds is 6. The van der Waals surface area contributed by atoms with Gasteiger partial charge in [-0.2, -0.15) is 10.2 Å². The van der Waals surface area contributed by atoms with Crippen molar-refractivity contribution in [3.63, 3.8) is 0 Å². The maximum Gasteiger partial charge on any atom is 0.271 e. The van der Waals surface area contributed by atoms with Crippen molar-refractivity contribution in [1.29, 1.82) is 0 Å². The number of carbonyl (C=O) groups is 1. The lowest BCUT2D eigenvalue weighted by Crippen LogP contribution is -2.41. The van der Waals surface area contributed by atoms with Crippen LogP contribution in [0.3, 0.4) is 0 Å². The second-order valence-electron chi connectivity index (χ2n) is 7.60. The Hall–Kier alpha value is -2.22. The number of H-pyrrole nitrogens is 2. The Bertz CT molecular complexity index is 713. The first-order chi connectivity index (χ1) is 11.6. The normalized spacial score (nSPS) is 14.6. The van der Waals surface area contributed by atoms with Crippen LogP contribution in [0.15, 0.2) is 6.07 Å². The standard InChI is InChI=1S/C17H29N7O/c1-10(24(7)11(2)15-19-12(3)20-23-15)9-18-16(25)13-8-14(22-21-13)17(4,5)6/h8,10-11H,9H2,1-7H3,(H,18,25)(H,21,22)(H,19,20,23). The lowest BCUT2D eigenvalue weighted by molar-refractivity contribution is 0.0927. The van der Waals surface area contributed by atoms with Crippen molar-refractivity contribution < 1.29 is 4.79 Å². The number of likely N-dealkylation sites (N-methyl/N-ethyl adjacent to an activating group) is 1. The van der Waals surface area contributed by atoms with Crippen molar-refractivity contribution in [3.8, 4) is 0 Å². The Kier molecular flexibility index (Phi) is 5.62. The third kappa shape index (κ3) is 4.66. The van der Waals surface area contributed by atoms with E-state index in [0.29, 0.717) is 12.2 Å². The molecule has 0 saturated heterocycles. The Morgan fingerprint density at radius 2 is 1.96 bits per heavy atom. The van der Waals surface area contributed by atoms with E-state index < -0.39 is 0 Å². The summed E-state index contributed by atoms with van der Waals surface area (Å²) in [7, 11) is 2.00. The molecule has 25 heavy (non-hydrogen) atoms. The molecule has 2 rings (SSSR count). The van der Waals surface area contributed by atoms with Gasteiger partial charge in [-0.3, -0.25) is 19.9 Å². The van der Waals surface area contributed by atoms with Gasteiger partial charge in [-0.15, -0.1) is 0 Å². The van der Waals surface area contributed by atoms with Crippen LogP contribution >= 0.6 is 0 Å². The van der Waals surface area contributed by atoms with E-state index in [4.69, 9.17) is 0 Å². The molecule has 2 unspecified atom stereocenters. The van der Waals surface area contributed by atoms with Gasteiger partial charge in [0, 0.05) is 23.7 Å². The van der Waals surface area contributed by atoms with Crippen LogP contribution in [-0.2, 0) is 5.41 Å². The molecule has 138 valence electrons. The summed E-state index contributed by atoms with van der Waals surface area (Å²) in [6.07, 6.45) is 0. The molecular weight excluding hydrogens is 318 g/mol. The molecule has 0 aliphatic rings. The summed E-state index contributed by atoms with van der Waals surface area (Å²) in [5, 5.41) is 17.1. The van der Waals surface area contributed by atoms with Crippen molar-refractivity contribution in [1.82, 2.24) is 35.6 Å². The maximum absolute atomic E-state index is 12.3. The number of amides is 1. The highest BCUT2D eigenvalue weighted by Crippen LogP contribution is 2.20. The first-order valence-corrected chi connectivity index (χ1v) is 8.54. The summed E-state index contributed by atoms with van der Waals surface area (Å²) in [5.74, 6) is 1.37. The molecule has 0 aromatic carbocycles. The minimum absolute atomic E-state index is 0.0507. The summed E-state index contributed by atoms with van der Waals surface area (Å²) in [6.45, 7) is 12.7. The average molecular weight is 347 g/mol. The van der Waals surface area contributed by atoms with Crippen molar-refractivity contribution in [3.05, 3.63) is 29.1 Å². The third-order valence-electron chi connectivity index (χ3n) is 4.47. The molecule has 1 amide bonds. The zero-order valence-electron chi connectivity index (χ0n) is 16.1. The molecule has 0 saturated carbocycles. The van der Waals surface area contributed by atoms with Crippen LogP contribution in [0.25, 0.3) is 0 Å². The molecular formula is C17H29N7O. The molecule has 0 fully saturated rings. The molecule has 8 nitrogen and oxygen atoms in total. The second kappa shape index (κ2) is 7.35. The van der Waals surface area contributed by atoms with Gasteiger partial charge in [0.25, 0.3) is 5.91 Å². The Morgan fingerprint density at radius 3 is 2.48 bits per heavy atom. The van der Waals surface area contributed by atoms with Gasteiger partial charge in [0.15, 0.2) is 5.82 Å². The largest absolute Gasteiger partial charge is 0.349 e. The fraction of sp³-hybridized carbons (Fsp3) is 0.647. The molecule has 2 atom stereocenters. The van der Waals surface area contributed by atoms with E-state index in [1.54, 1.807) is 0 Å². The van der Waals surface area contributed by atoms with Gasteiger partial charge in [0.05, 0.1) is 6.04 Å². The monoisotopic (exact) mass is 347 g/mol. The maximum atomic E-state index is 12.3. The van der Waals surface area contributed by atoms with Gasteiger partial charge in [-0.25, -0.2) is 4.98 Å². The van der Waals surface area contributed by atoms with Crippen LogP contribution in [0.2, 0.25) is 0 Å². The fourth-order valence-electron chi connectivity index (χ4n) is 2.41. The zero-order chi connectivity index (χ0) is 18.8. The molecule has 2 aromatic heterocycles. The number of aromatic nitrogens is 5. The van der Waals surface area contributed by atoms with Crippen LogP contribution in [0.1, 0.15) is 68.5 Å². The molecule has 2 aromatic rings. The van der Waals surface area contributed by atoms with E-state index in [2.05, 4.69) is 63.3 Å². The highest BCUT2D eigenvalue weighted by Gasteiger charge is 2.22. The fourth-order valence-corrected chi connectivity index (χ4v) is 2.41. The quantitative estimate of drug-likeness (QED) is 0.741. The van der Waals surface area contributed by atoms with E-state index in [1.807, 2.05) is 27.0 Å². The van der Waals surface area contributed by atoms with Crippen molar-refractivity contribution in [2.75, 3.05) is 13.6 Å². The highest BCUT2D eigenvalue weighted by atomic mass is 16.1. The van der Waals surface area contributed by atoms with Crippen LogP contribution in [0.4, 0.5) is 0 Å². The Morgan fingerprint density at radius 1 is 1.28 bits per heavy atom. The van der Waals surface area contributed by atoms with E-state index in [9.17, 15) is 4.79 Å². The molecule has 3 N–H and O–H groups in total. The minimum Gasteiger partial charge on any atom is -0.349 e. The number of hydrogen-bond donors (Lipinski definition) is 3. The molecule has 0 spiro atoms. The molecule has 0 bridgehead atoms. The van der Waals surface area contributed by atoms with Crippen molar-refractivity contribution in [2.45, 2.75) is 59.0 Å². The van der Waals surface area contributed by atoms with E-state index >= 15 is 0 Å². The van der Waals surface area contributed by atoms with Gasteiger partial charge >= 0.3 is 0 Å². The number of aromatic amines is 2. The Balaban J connectivity index is 1.91. The topological polar surface area (TPSA) is 103 Å². The van der Waals surface area contributed by atoms with E-state index in [-0.39, 0.29) is 23.4 Å². The molecule has 2 heterocycles. The minimum atomic E-state index is -0.173. The smallest absolute Gasteiger partial charge is 0.271 e. The Labute approximate surface area is 148 Å². The summed E-state index contributed by atoms with van der Waals surface area (Å²) in [4.78, 5) is 18.8.